The first-order valence-electron chi connectivity index (χ1n) is 7.82. The average molecular weight is 378 g/mol. The summed E-state index contributed by atoms with van der Waals surface area (Å²) in [7, 11) is 0. The number of aromatic amines is 1. The van der Waals surface area contributed by atoms with Gasteiger partial charge in [0.2, 0.25) is 0 Å². The maximum absolute atomic E-state index is 4.71. The van der Waals surface area contributed by atoms with Crippen molar-refractivity contribution in [2.75, 3.05) is 0 Å². The van der Waals surface area contributed by atoms with E-state index in [1.807, 2.05) is 6.08 Å². The van der Waals surface area contributed by atoms with E-state index in [0.717, 1.165) is 38.8 Å². The zero-order valence-electron chi connectivity index (χ0n) is 12.9. The van der Waals surface area contributed by atoms with Crippen LogP contribution in [0.1, 0.15) is 0 Å². The normalized spacial score (nSPS) is 28.4. The van der Waals surface area contributed by atoms with Crippen LogP contribution in [-0.4, -0.2) is 30.5 Å². The molecule has 0 aromatic carbocycles. The van der Waals surface area contributed by atoms with Crippen molar-refractivity contribution in [1.82, 2.24) is 9.32 Å². The molecule has 5 heterocycles. The number of H-pyrrole nitrogens is 1. The first kappa shape index (κ1) is 13.8. The van der Waals surface area contributed by atoms with Crippen molar-refractivity contribution in [1.29, 1.82) is 0 Å². The van der Waals surface area contributed by atoms with Gasteiger partial charge in [0.15, 0.2) is 0 Å². The molecule has 117 valence electrons. The zero-order chi connectivity index (χ0) is 15.9. The quantitative estimate of drug-likeness (QED) is 0.659. The molecule has 0 aliphatic carbocycles. The van der Waals surface area contributed by atoms with Gasteiger partial charge in [-0.25, -0.2) is 0 Å². The molecule has 1 aromatic rings. The molecule has 4 nitrogen and oxygen atoms in total. The molecule has 5 heteroatoms. The van der Waals surface area contributed by atoms with Gasteiger partial charge < -0.3 is 0 Å². The van der Waals surface area contributed by atoms with Crippen molar-refractivity contribution in [2.24, 2.45) is 9.98 Å². The predicted octanol–water partition coefficient (Wildman–Crippen LogP) is 1.40. The van der Waals surface area contributed by atoms with E-state index in [2.05, 4.69) is 73.9 Å². The summed E-state index contributed by atoms with van der Waals surface area (Å²) < 4.78 is 3.64. The molecule has 4 aliphatic rings. The number of fused-ring (bicyclic) bond motifs is 6. The summed E-state index contributed by atoms with van der Waals surface area (Å²) in [5.74, 6) is 0. The number of nitrogens with one attached hydrogen (secondary N) is 2. The van der Waals surface area contributed by atoms with E-state index in [9.17, 15) is 0 Å². The van der Waals surface area contributed by atoms with Gasteiger partial charge in [-0.1, -0.05) is 0 Å². The SMILES string of the molecule is C1=C/C2=C/C3=CC[Se](/C=C4/C=CC(=N4)/C=c4/cc/c([nH]4)=C/C1=N2)N3. The standard InChI is InChI=1S/C19H15N4Se/c1-2-15-10-16-5-6-19(22-16)12-24-8-7-18(23-24)11-17-4-3-14(21-17)9-13(1)20-15/h1-7,9-12,20,23H,8H2/b13-9-,15-10-,17-11-,19-12-. The van der Waals surface area contributed by atoms with E-state index < -0.39 is 14.1 Å². The Balaban J connectivity index is 1.65. The Morgan fingerprint density at radius 3 is 2.33 bits per heavy atom. The van der Waals surface area contributed by atoms with Crippen molar-refractivity contribution >= 4 is 37.7 Å². The molecular weight excluding hydrogens is 363 g/mol. The Bertz CT molecular complexity index is 1060. The Morgan fingerprint density at radius 1 is 0.833 bits per heavy atom. The summed E-state index contributed by atoms with van der Waals surface area (Å²) in [6, 6.07) is 4.14. The van der Waals surface area contributed by atoms with Crippen molar-refractivity contribution in [3.63, 3.8) is 0 Å². The van der Waals surface area contributed by atoms with Crippen molar-refractivity contribution in [3.8, 4) is 0 Å². The third-order valence-corrected chi connectivity index (χ3v) is 7.25. The zero-order valence-corrected chi connectivity index (χ0v) is 14.6. The number of nitrogens with zero attached hydrogens (tertiary/aromatic N) is 2. The van der Waals surface area contributed by atoms with Crippen LogP contribution in [0.15, 0.2) is 80.6 Å². The van der Waals surface area contributed by atoms with Crippen molar-refractivity contribution < 1.29 is 0 Å². The molecule has 0 atom stereocenters. The molecule has 2 N–H and O–H groups in total. The Labute approximate surface area is 143 Å². The Kier molecular flexibility index (Phi) is 3.15. The molecular formula is C19H15N4Se. The van der Waals surface area contributed by atoms with Crippen LogP contribution in [0.4, 0.5) is 0 Å². The van der Waals surface area contributed by atoms with Crippen LogP contribution in [0.5, 0.6) is 0 Å². The number of rotatable bonds is 0. The first-order chi connectivity index (χ1) is 11.8. The molecule has 0 fully saturated rings. The van der Waals surface area contributed by atoms with E-state index in [1.54, 1.807) is 0 Å². The fourth-order valence-electron chi connectivity index (χ4n) is 2.90. The molecule has 1 radical (unpaired) electrons. The van der Waals surface area contributed by atoms with Gasteiger partial charge in [0.25, 0.3) is 0 Å². The molecule has 1 aromatic heterocycles. The summed E-state index contributed by atoms with van der Waals surface area (Å²) in [5.41, 5.74) is 5.18. The maximum atomic E-state index is 4.71. The molecule has 5 rings (SSSR count). The number of allylic oxidation sites excluding steroid dienone is 6. The van der Waals surface area contributed by atoms with Gasteiger partial charge in [-0.3, -0.25) is 0 Å². The van der Waals surface area contributed by atoms with Gasteiger partial charge in [-0.05, 0) is 0 Å². The van der Waals surface area contributed by atoms with Crippen LogP contribution in [0, 0.1) is 0 Å². The second-order valence-electron chi connectivity index (χ2n) is 5.87. The fraction of sp³-hybridized carbons (Fsp3) is 0.0526. The van der Waals surface area contributed by atoms with Gasteiger partial charge in [0, 0.05) is 0 Å². The third-order valence-electron chi connectivity index (χ3n) is 4.00. The molecule has 0 unspecified atom stereocenters. The van der Waals surface area contributed by atoms with Crippen LogP contribution >= 0.6 is 0 Å². The van der Waals surface area contributed by atoms with E-state index in [0.29, 0.717) is 0 Å². The topological polar surface area (TPSA) is 52.5 Å². The molecule has 0 spiro atoms. The molecule has 24 heavy (non-hydrogen) atoms. The summed E-state index contributed by atoms with van der Waals surface area (Å²) in [6.07, 6.45) is 16.8. The van der Waals surface area contributed by atoms with Gasteiger partial charge in [-0.2, -0.15) is 0 Å². The molecule has 0 saturated carbocycles. The Hall–Kier alpha value is -2.62. The van der Waals surface area contributed by atoms with Crippen molar-refractivity contribution in [2.45, 2.75) is 5.32 Å². The first-order valence-corrected chi connectivity index (χ1v) is 10.9. The summed E-state index contributed by atoms with van der Waals surface area (Å²) in [5, 5.41) is 3.19. The number of aromatic nitrogens is 1. The van der Waals surface area contributed by atoms with Gasteiger partial charge >= 0.3 is 144 Å². The van der Waals surface area contributed by atoms with Crippen LogP contribution in [0.25, 0.3) is 12.2 Å². The minimum absolute atomic E-state index is 0.966. The van der Waals surface area contributed by atoms with Gasteiger partial charge in [0.05, 0.1) is 0 Å². The second-order valence-corrected chi connectivity index (χ2v) is 9.29. The van der Waals surface area contributed by atoms with Gasteiger partial charge in [0.1, 0.15) is 0 Å². The Morgan fingerprint density at radius 2 is 1.54 bits per heavy atom. The van der Waals surface area contributed by atoms with E-state index in [4.69, 9.17) is 4.99 Å². The number of aliphatic imine (C=N–C) groups is 2. The van der Waals surface area contributed by atoms with Crippen LogP contribution < -0.4 is 15.0 Å². The van der Waals surface area contributed by atoms with E-state index >= 15 is 0 Å². The van der Waals surface area contributed by atoms with Crippen molar-refractivity contribution in [3.05, 3.63) is 81.4 Å². The van der Waals surface area contributed by atoms with Gasteiger partial charge in [-0.15, -0.1) is 0 Å². The van der Waals surface area contributed by atoms with Crippen LogP contribution in [-0.2, 0) is 0 Å². The van der Waals surface area contributed by atoms with E-state index in [1.165, 1.54) is 5.70 Å². The predicted molar refractivity (Wildman–Crippen MR) is 100 cm³/mol. The monoisotopic (exact) mass is 379 g/mol. The molecule has 4 aliphatic heterocycles. The summed E-state index contributed by atoms with van der Waals surface area (Å²) in [6.45, 7) is 0. The van der Waals surface area contributed by atoms with Crippen LogP contribution in [0.3, 0.4) is 0 Å². The number of hydrogen-bond acceptors (Lipinski definition) is 3. The molecule has 0 saturated heterocycles. The second kappa shape index (κ2) is 5.48. The van der Waals surface area contributed by atoms with Crippen LogP contribution in [0.2, 0.25) is 5.32 Å². The molecule has 0 amide bonds. The third kappa shape index (κ3) is 2.68. The summed E-state index contributed by atoms with van der Waals surface area (Å²) >= 11 is -1.02. The van der Waals surface area contributed by atoms with E-state index in [-0.39, 0.29) is 0 Å². The fourth-order valence-corrected chi connectivity index (χ4v) is 5.97. The average Bonchev–Trinajstić information content (AvgIpc) is 3.32. The summed E-state index contributed by atoms with van der Waals surface area (Å²) in [4.78, 5) is 15.1. The number of hydrogen-bond donors (Lipinski definition) is 2. The minimum atomic E-state index is -1.02. The molecule has 8 bridgehead atoms.